The van der Waals surface area contributed by atoms with Crippen molar-refractivity contribution in [2.45, 2.75) is 12.8 Å². The number of carbonyl (C=O) groups excluding carboxylic acids is 2. The van der Waals surface area contributed by atoms with Crippen molar-refractivity contribution < 1.29 is 19.1 Å². The molecule has 0 saturated carbocycles. The van der Waals surface area contributed by atoms with Gasteiger partial charge in [-0.2, -0.15) is 0 Å². The van der Waals surface area contributed by atoms with Gasteiger partial charge in [-0.05, 0) is 12.1 Å². The van der Waals surface area contributed by atoms with Crippen molar-refractivity contribution in [3.8, 4) is 5.75 Å². The number of hydrogen-bond acceptors (Lipinski definition) is 5. The molecule has 1 aromatic rings. The molecule has 0 atom stereocenters. The number of amides is 1. The number of benzene rings is 1. The van der Waals surface area contributed by atoms with Gasteiger partial charge in [0.15, 0.2) is 0 Å². The van der Waals surface area contributed by atoms with Gasteiger partial charge in [0.05, 0.1) is 19.4 Å². The first kappa shape index (κ1) is 14.8. The molecule has 0 bridgehead atoms. The van der Waals surface area contributed by atoms with Crippen molar-refractivity contribution in [3.63, 3.8) is 0 Å². The Morgan fingerprint density at radius 3 is 2.74 bits per heavy atom. The van der Waals surface area contributed by atoms with Gasteiger partial charge in [-0.3, -0.25) is 9.59 Å². The van der Waals surface area contributed by atoms with Crippen molar-refractivity contribution in [2.75, 3.05) is 26.0 Å². The number of nitrogens with two attached hydrogens (primary N) is 1. The van der Waals surface area contributed by atoms with Crippen LogP contribution >= 0.6 is 0 Å². The molecule has 0 aliphatic heterocycles. The number of ether oxygens (including phenoxy) is 2. The lowest BCUT2D eigenvalue weighted by Gasteiger charge is -2.07. The van der Waals surface area contributed by atoms with Crippen LogP contribution < -0.4 is 15.8 Å². The molecule has 0 unspecified atom stereocenters. The minimum Gasteiger partial charge on any atom is -0.493 e. The molecule has 0 aliphatic rings. The summed E-state index contributed by atoms with van der Waals surface area (Å²) in [5.74, 6) is 0.0507. The normalized spacial score (nSPS) is 9.74. The molecular formula is C13H18N2O4. The van der Waals surface area contributed by atoms with Gasteiger partial charge in [0.1, 0.15) is 12.4 Å². The van der Waals surface area contributed by atoms with Crippen molar-refractivity contribution in [1.29, 1.82) is 0 Å². The van der Waals surface area contributed by atoms with Crippen LogP contribution in [0.3, 0.4) is 0 Å². The lowest BCUT2D eigenvalue weighted by atomic mass is 10.3. The largest absolute Gasteiger partial charge is 0.493 e. The van der Waals surface area contributed by atoms with Crippen LogP contribution in [0.25, 0.3) is 0 Å². The van der Waals surface area contributed by atoms with Crippen LogP contribution in [0.5, 0.6) is 5.75 Å². The van der Waals surface area contributed by atoms with E-state index in [1.165, 1.54) is 7.05 Å². The summed E-state index contributed by atoms with van der Waals surface area (Å²) in [4.78, 5) is 22.2. The number of hydrogen-bond donors (Lipinski definition) is 2. The van der Waals surface area contributed by atoms with Gasteiger partial charge in [-0.1, -0.05) is 6.07 Å². The maximum absolute atomic E-state index is 11.3. The van der Waals surface area contributed by atoms with Gasteiger partial charge >= 0.3 is 5.97 Å². The maximum atomic E-state index is 11.3. The summed E-state index contributed by atoms with van der Waals surface area (Å²) < 4.78 is 10.2. The van der Waals surface area contributed by atoms with Crippen molar-refractivity contribution in [1.82, 2.24) is 5.32 Å². The molecule has 1 rings (SSSR count). The third-order valence-corrected chi connectivity index (χ3v) is 2.30. The molecule has 0 aliphatic carbocycles. The maximum Gasteiger partial charge on any atom is 0.309 e. The quantitative estimate of drug-likeness (QED) is 0.560. The van der Waals surface area contributed by atoms with Gasteiger partial charge in [-0.25, -0.2) is 0 Å². The van der Waals surface area contributed by atoms with Crippen LogP contribution in [0.1, 0.15) is 12.8 Å². The summed E-state index contributed by atoms with van der Waals surface area (Å²) in [5, 5.41) is 2.44. The molecule has 0 aromatic heterocycles. The van der Waals surface area contributed by atoms with Gasteiger partial charge in [-0.15, -0.1) is 0 Å². The van der Waals surface area contributed by atoms with E-state index in [2.05, 4.69) is 5.32 Å². The lowest BCUT2D eigenvalue weighted by Crippen LogP contribution is -2.20. The van der Waals surface area contributed by atoms with Crippen LogP contribution in [0.2, 0.25) is 0 Å². The Balaban J connectivity index is 2.15. The molecule has 1 amide bonds. The summed E-state index contributed by atoms with van der Waals surface area (Å²) in [7, 11) is 1.53. The van der Waals surface area contributed by atoms with Gasteiger partial charge in [0, 0.05) is 18.8 Å². The van der Waals surface area contributed by atoms with Crippen LogP contribution in [0.15, 0.2) is 24.3 Å². The zero-order chi connectivity index (χ0) is 14.1. The standard InChI is InChI=1S/C13H18N2O4/c1-15-12(16)5-7-19-13(17)6-8-18-11-4-2-3-10(14)9-11/h2-4,9H,5-8,14H2,1H3,(H,15,16). The molecule has 6 nitrogen and oxygen atoms in total. The van der Waals surface area contributed by atoms with E-state index in [1.54, 1.807) is 24.3 Å². The number of anilines is 1. The van der Waals surface area contributed by atoms with E-state index in [0.29, 0.717) is 11.4 Å². The fourth-order valence-electron chi connectivity index (χ4n) is 1.31. The highest BCUT2D eigenvalue weighted by atomic mass is 16.5. The van der Waals surface area contributed by atoms with Crippen molar-refractivity contribution >= 4 is 17.6 Å². The highest BCUT2D eigenvalue weighted by molar-refractivity contribution is 5.76. The molecule has 0 heterocycles. The summed E-state index contributed by atoms with van der Waals surface area (Å²) in [5.41, 5.74) is 6.19. The van der Waals surface area contributed by atoms with E-state index in [1.807, 2.05) is 0 Å². The summed E-state index contributed by atoms with van der Waals surface area (Å²) in [6, 6.07) is 6.95. The molecule has 0 saturated heterocycles. The van der Waals surface area contributed by atoms with E-state index in [9.17, 15) is 9.59 Å². The molecule has 3 N–H and O–H groups in total. The fourth-order valence-corrected chi connectivity index (χ4v) is 1.31. The number of carbonyl (C=O) groups is 2. The predicted molar refractivity (Wildman–Crippen MR) is 70.6 cm³/mol. The zero-order valence-electron chi connectivity index (χ0n) is 10.8. The fraction of sp³-hybridized carbons (Fsp3) is 0.385. The smallest absolute Gasteiger partial charge is 0.309 e. The molecular weight excluding hydrogens is 248 g/mol. The SMILES string of the molecule is CNC(=O)CCOC(=O)CCOc1cccc(N)c1. The second-order valence-electron chi connectivity index (χ2n) is 3.81. The molecule has 0 fully saturated rings. The first-order valence-electron chi connectivity index (χ1n) is 5.96. The van der Waals surface area contributed by atoms with Crippen molar-refractivity contribution in [3.05, 3.63) is 24.3 Å². The topological polar surface area (TPSA) is 90.6 Å². The predicted octanol–water partition coefficient (Wildman–Crippen LogP) is 0.717. The molecule has 0 radical (unpaired) electrons. The molecule has 0 spiro atoms. The number of rotatable bonds is 7. The van der Waals surface area contributed by atoms with E-state index in [-0.39, 0.29) is 32.0 Å². The van der Waals surface area contributed by atoms with E-state index >= 15 is 0 Å². The van der Waals surface area contributed by atoms with Gasteiger partial charge < -0.3 is 20.5 Å². The first-order valence-corrected chi connectivity index (χ1v) is 5.96. The Morgan fingerprint density at radius 2 is 2.05 bits per heavy atom. The number of nitrogen functional groups attached to an aromatic ring is 1. The third-order valence-electron chi connectivity index (χ3n) is 2.30. The summed E-state index contributed by atoms with van der Waals surface area (Å²) >= 11 is 0. The summed E-state index contributed by atoms with van der Waals surface area (Å²) in [6.45, 7) is 0.291. The average molecular weight is 266 g/mol. The summed E-state index contributed by atoms with van der Waals surface area (Å²) in [6.07, 6.45) is 0.293. The highest BCUT2D eigenvalue weighted by Gasteiger charge is 2.05. The van der Waals surface area contributed by atoms with Crippen LogP contribution in [-0.4, -0.2) is 32.1 Å². The van der Waals surface area contributed by atoms with Crippen molar-refractivity contribution in [2.24, 2.45) is 0 Å². The Bertz CT molecular complexity index is 434. The lowest BCUT2D eigenvalue weighted by molar-refractivity contribution is -0.144. The Hall–Kier alpha value is -2.24. The minimum atomic E-state index is -0.396. The third kappa shape index (κ3) is 6.30. The van der Waals surface area contributed by atoms with E-state index in [4.69, 9.17) is 15.2 Å². The Kier molecular flexibility index (Phi) is 6.21. The van der Waals surface area contributed by atoms with E-state index < -0.39 is 5.97 Å². The van der Waals surface area contributed by atoms with Crippen LogP contribution in [0, 0.1) is 0 Å². The van der Waals surface area contributed by atoms with Gasteiger partial charge in [0.2, 0.25) is 5.91 Å². The van der Waals surface area contributed by atoms with Gasteiger partial charge in [0.25, 0.3) is 0 Å². The Morgan fingerprint density at radius 1 is 1.26 bits per heavy atom. The highest BCUT2D eigenvalue weighted by Crippen LogP contribution is 2.14. The zero-order valence-corrected chi connectivity index (χ0v) is 10.8. The minimum absolute atomic E-state index is 0.0802. The van der Waals surface area contributed by atoms with E-state index in [0.717, 1.165) is 0 Å². The second-order valence-corrected chi connectivity index (χ2v) is 3.81. The molecule has 6 heteroatoms. The molecule has 19 heavy (non-hydrogen) atoms. The average Bonchev–Trinajstić information content (AvgIpc) is 2.38. The molecule has 104 valence electrons. The van der Waals surface area contributed by atoms with Crippen LogP contribution in [0.4, 0.5) is 5.69 Å². The first-order chi connectivity index (χ1) is 9.11. The Labute approximate surface area is 111 Å². The monoisotopic (exact) mass is 266 g/mol. The number of nitrogens with one attached hydrogen (secondary N) is 1. The van der Waals surface area contributed by atoms with Crippen LogP contribution in [-0.2, 0) is 14.3 Å². The second kappa shape index (κ2) is 7.97. The number of esters is 1. The molecule has 1 aromatic carbocycles.